The minimum absolute atomic E-state index is 0.146. The predicted molar refractivity (Wildman–Crippen MR) is 92.6 cm³/mol. The zero-order valence-electron chi connectivity index (χ0n) is 11.6. The fraction of sp³-hybridized carbons (Fsp3) is 0.250. The average molecular weight is 389 g/mol. The number of hydrogen-bond donors (Lipinski definition) is 1. The van der Waals surface area contributed by atoms with Crippen LogP contribution in [0.3, 0.4) is 0 Å². The fourth-order valence-electron chi connectivity index (χ4n) is 1.88. The van der Waals surface area contributed by atoms with Crippen molar-refractivity contribution in [2.45, 2.75) is 25.8 Å². The zero-order chi connectivity index (χ0) is 15.4. The van der Waals surface area contributed by atoms with E-state index in [1.54, 1.807) is 12.1 Å². The molecule has 0 heterocycles. The average Bonchev–Trinajstić information content (AvgIpc) is 2.45. The Morgan fingerprint density at radius 1 is 1.10 bits per heavy atom. The normalized spacial score (nSPS) is 12.2. The Labute approximate surface area is 143 Å². The second-order valence-electron chi connectivity index (χ2n) is 4.81. The lowest BCUT2D eigenvalue weighted by atomic mass is 10.0. The van der Waals surface area contributed by atoms with Crippen molar-refractivity contribution in [3.05, 3.63) is 56.5 Å². The molecule has 1 unspecified atom stereocenters. The van der Waals surface area contributed by atoms with Crippen LogP contribution in [0.2, 0.25) is 10.0 Å². The van der Waals surface area contributed by atoms with Gasteiger partial charge in [0.2, 0.25) is 0 Å². The molecule has 112 valence electrons. The topological polar surface area (TPSA) is 35.2 Å². The molecule has 2 nitrogen and oxygen atoms in total. The van der Waals surface area contributed by atoms with Gasteiger partial charge in [-0.15, -0.1) is 0 Å². The molecular formula is C16H16BrCl2NO. The first-order chi connectivity index (χ1) is 9.99. The largest absolute Gasteiger partial charge is 0.454 e. The van der Waals surface area contributed by atoms with Crippen molar-refractivity contribution in [1.82, 2.24) is 0 Å². The smallest absolute Gasteiger partial charge is 0.147 e. The molecule has 0 saturated heterocycles. The minimum Gasteiger partial charge on any atom is -0.454 e. The first-order valence-corrected chi connectivity index (χ1v) is 8.21. The summed E-state index contributed by atoms with van der Waals surface area (Å²) in [6.07, 6.45) is 1.73. The predicted octanol–water partition coefficient (Wildman–Crippen LogP) is 5.83. The molecule has 21 heavy (non-hydrogen) atoms. The summed E-state index contributed by atoms with van der Waals surface area (Å²) in [6.45, 7) is 2.07. The number of halogens is 3. The molecule has 2 aromatic carbocycles. The zero-order valence-corrected chi connectivity index (χ0v) is 14.7. The highest BCUT2D eigenvalue weighted by atomic mass is 79.9. The van der Waals surface area contributed by atoms with Gasteiger partial charge in [-0.2, -0.15) is 0 Å². The molecule has 0 spiro atoms. The van der Waals surface area contributed by atoms with Crippen molar-refractivity contribution in [2.24, 2.45) is 5.73 Å². The highest BCUT2D eigenvalue weighted by molar-refractivity contribution is 9.10. The molecule has 0 aromatic heterocycles. The highest BCUT2D eigenvalue weighted by Gasteiger charge is 2.09. The van der Waals surface area contributed by atoms with E-state index in [0.717, 1.165) is 22.9 Å². The molecule has 0 saturated carbocycles. The van der Waals surface area contributed by atoms with Crippen molar-refractivity contribution in [2.75, 3.05) is 0 Å². The third-order valence-electron chi connectivity index (χ3n) is 3.13. The number of nitrogens with two attached hydrogens (primary N) is 1. The SMILES string of the molecule is CCC(N)Cc1ccc(Oc2cc(Br)ccc2Cl)c(Cl)c1. The van der Waals surface area contributed by atoms with Crippen LogP contribution >= 0.6 is 39.1 Å². The van der Waals surface area contributed by atoms with Crippen LogP contribution in [0.15, 0.2) is 40.9 Å². The third-order valence-corrected chi connectivity index (χ3v) is 4.23. The Hall–Kier alpha value is -0.740. The maximum Gasteiger partial charge on any atom is 0.147 e. The van der Waals surface area contributed by atoms with Crippen LogP contribution < -0.4 is 10.5 Å². The number of rotatable bonds is 5. The summed E-state index contributed by atoms with van der Waals surface area (Å²) in [4.78, 5) is 0. The molecule has 0 bridgehead atoms. The van der Waals surface area contributed by atoms with Gasteiger partial charge < -0.3 is 10.5 Å². The Morgan fingerprint density at radius 2 is 1.86 bits per heavy atom. The highest BCUT2D eigenvalue weighted by Crippen LogP contribution is 2.35. The molecule has 1 atom stereocenters. The Balaban J connectivity index is 2.19. The van der Waals surface area contributed by atoms with Gasteiger partial charge in [-0.05, 0) is 48.7 Å². The van der Waals surface area contributed by atoms with E-state index in [-0.39, 0.29) is 6.04 Å². The summed E-state index contributed by atoms with van der Waals surface area (Å²) in [5.74, 6) is 1.14. The van der Waals surface area contributed by atoms with Gasteiger partial charge in [0.1, 0.15) is 11.5 Å². The lowest BCUT2D eigenvalue weighted by molar-refractivity contribution is 0.482. The van der Waals surface area contributed by atoms with Crippen molar-refractivity contribution in [3.8, 4) is 11.5 Å². The van der Waals surface area contributed by atoms with Gasteiger partial charge in [-0.25, -0.2) is 0 Å². The lowest BCUT2D eigenvalue weighted by Gasteiger charge is -2.12. The van der Waals surface area contributed by atoms with E-state index in [0.29, 0.717) is 21.5 Å². The quantitative estimate of drug-likeness (QED) is 0.699. The first-order valence-electron chi connectivity index (χ1n) is 6.66. The van der Waals surface area contributed by atoms with Crippen molar-refractivity contribution >= 4 is 39.1 Å². The first kappa shape index (κ1) is 16.6. The van der Waals surface area contributed by atoms with Crippen molar-refractivity contribution in [1.29, 1.82) is 0 Å². The standard InChI is InChI=1S/C16H16BrCl2NO/c1-2-12(20)7-10-3-6-15(14(19)8-10)21-16-9-11(17)4-5-13(16)18/h3-6,8-9,12H,2,7,20H2,1H3. The van der Waals surface area contributed by atoms with Crippen LogP contribution in [0.25, 0.3) is 0 Å². The molecule has 2 N–H and O–H groups in total. The van der Waals surface area contributed by atoms with E-state index in [1.165, 1.54) is 0 Å². The van der Waals surface area contributed by atoms with E-state index in [2.05, 4.69) is 22.9 Å². The van der Waals surface area contributed by atoms with Crippen LogP contribution in [0, 0.1) is 0 Å². The second kappa shape index (κ2) is 7.50. The van der Waals surface area contributed by atoms with Gasteiger partial charge in [0, 0.05) is 10.5 Å². The van der Waals surface area contributed by atoms with Crippen LogP contribution in [-0.4, -0.2) is 6.04 Å². The van der Waals surface area contributed by atoms with Gasteiger partial charge in [0.05, 0.1) is 10.0 Å². The molecule has 0 radical (unpaired) electrons. The van der Waals surface area contributed by atoms with Crippen molar-refractivity contribution < 1.29 is 4.74 Å². The number of benzene rings is 2. The minimum atomic E-state index is 0.146. The van der Waals surface area contributed by atoms with Crippen LogP contribution in [-0.2, 0) is 6.42 Å². The van der Waals surface area contributed by atoms with Crippen molar-refractivity contribution in [3.63, 3.8) is 0 Å². The van der Waals surface area contributed by atoms with Crippen LogP contribution in [0.4, 0.5) is 0 Å². The molecule has 0 aliphatic carbocycles. The van der Waals surface area contributed by atoms with Gasteiger partial charge in [0.25, 0.3) is 0 Å². The Bertz CT molecular complexity index is 634. The maximum absolute atomic E-state index is 6.28. The monoisotopic (exact) mass is 387 g/mol. The number of hydrogen-bond acceptors (Lipinski definition) is 2. The molecule has 5 heteroatoms. The third kappa shape index (κ3) is 4.62. The van der Waals surface area contributed by atoms with Crippen LogP contribution in [0.1, 0.15) is 18.9 Å². The Morgan fingerprint density at radius 3 is 2.52 bits per heavy atom. The lowest BCUT2D eigenvalue weighted by Crippen LogP contribution is -2.21. The molecule has 0 aliphatic heterocycles. The van der Waals surface area contributed by atoms with Crippen LogP contribution in [0.5, 0.6) is 11.5 Å². The fourth-order valence-corrected chi connectivity index (χ4v) is 2.61. The molecule has 0 aliphatic rings. The molecule has 0 amide bonds. The van der Waals surface area contributed by atoms with E-state index in [9.17, 15) is 0 Å². The van der Waals surface area contributed by atoms with Gasteiger partial charge in [-0.1, -0.05) is 52.1 Å². The summed E-state index contributed by atoms with van der Waals surface area (Å²) < 4.78 is 6.67. The second-order valence-corrected chi connectivity index (χ2v) is 6.54. The summed E-state index contributed by atoms with van der Waals surface area (Å²) in [7, 11) is 0. The number of ether oxygens (including phenoxy) is 1. The van der Waals surface area contributed by atoms with E-state index in [1.807, 2.05) is 24.3 Å². The molecule has 2 rings (SSSR count). The van der Waals surface area contributed by atoms with E-state index >= 15 is 0 Å². The van der Waals surface area contributed by atoms with Gasteiger partial charge in [0.15, 0.2) is 0 Å². The summed E-state index contributed by atoms with van der Waals surface area (Å²) in [6, 6.07) is 11.3. The summed E-state index contributed by atoms with van der Waals surface area (Å²) >= 11 is 15.8. The van der Waals surface area contributed by atoms with E-state index in [4.69, 9.17) is 33.7 Å². The van der Waals surface area contributed by atoms with Gasteiger partial charge >= 0.3 is 0 Å². The molecule has 2 aromatic rings. The molecule has 0 fully saturated rings. The summed E-state index contributed by atoms with van der Waals surface area (Å²) in [5, 5.41) is 1.08. The van der Waals surface area contributed by atoms with E-state index < -0.39 is 0 Å². The summed E-state index contributed by atoms with van der Waals surface area (Å²) in [5.41, 5.74) is 7.06. The maximum atomic E-state index is 6.28. The Kier molecular flexibility index (Phi) is 5.94. The van der Waals surface area contributed by atoms with Gasteiger partial charge in [-0.3, -0.25) is 0 Å². The molecular weight excluding hydrogens is 373 g/mol.